The van der Waals surface area contributed by atoms with Crippen LogP contribution in [0.2, 0.25) is 0 Å². The fourth-order valence-electron chi connectivity index (χ4n) is 2.61. The van der Waals surface area contributed by atoms with Gasteiger partial charge < -0.3 is 5.32 Å². The zero-order valence-corrected chi connectivity index (χ0v) is 13.7. The summed E-state index contributed by atoms with van der Waals surface area (Å²) in [6.07, 6.45) is 3.30. The molecule has 20 heavy (non-hydrogen) atoms. The van der Waals surface area contributed by atoms with Crippen molar-refractivity contribution in [1.82, 2.24) is 15.2 Å². The Hall–Kier alpha value is -0.930. The molecule has 3 nitrogen and oxygen atoms in total. The van der Waals surface area contributed by atoms with Gasteiger partial charge in [0.05, 0.1) is 5.69 Å². The highest BCUT2D eigenvalue weighted by Crippen LogP contribution is 2.29. The summed E-state index contributed by atoms with van der Waals surface area (Å²) in [4.78, 5) is 7.12. The van der Waals surface area contributed by atoms with E-state index in [2.05, 4.69) is 62.0 Å². The summed E-state index contributed by atoms with van der Waals surface area (Å²) in [6.45, 7) is 15.5. The normalized spacial score (nSPS) is 19.4. The maximum atomic E-state index is 4.61. The molecule has 0 saturated carbocycles. The highest BCUT2D eigenvalue weighted by atomic mass is 15.2. The van der Waals surface area contributed by atoms with Crippen molar-refractivity contribution in [3.05, 3.63) is 29.6 Å². The topological polar surface area (TPSA) is 28.2 Å². The highest BCUT2D eigenvalue weighted by Gasteiger charge is 2.28. The van der Waals surface area contributed by atoms with Crippen LogP contribution in [0.15, 0.2) is 18.3 Å². The lowest BCUT2D eigenvalue weighted by atomic mass is 9.93. The lowest BCUT2D eigenvalue weighted by Gasteiger charge is -2.21. The fraction of sp³-hybridized carbons (Fsp3) is 0.706. The van der Waals surface area contributed by atoms with E-state index in [-0.39, 0.29) is 5.54 Å². The molecule has 0 radical (unpaired) electrons. The van der Waals surface area contributed by atoms with Gasteiger partial charge in [-0.2, -0.15) is 0 Å². The number of nitrogens with zero attached hydrogens (tertiary/aromatic N) is 2. The molecular formula is C17H29N3. The average Bonchev–Trinajstić information content (AvgIpc) is 2.67. The van der Waals surface area contributed by atoms with Gasteiger partial charge in [-0.25, -0.2) is 0 Å². The van der Waals surface area contributed by atoms with E-state index in [4.69, 9.17) is 0 Å². The van der Waals surface area contributed by atoms with E-state index >= 15 is 0 Å². The number of pyridine rings is 1. The monoisotopic (exact) mass is 275 g/mol. The van der Waals surface area contributed by atoms with Crippen molar-refractivity contribution in [2.45, 2.75) is 59.7 Å². The van der Waals surface area contributed by atoms with Crippen molar-refractivity contribution in [1.29, 1.82) is 0 Å². The van der Waals surface area contributed by atoms with E-state index < -0.39 is 0 Å². The van der Waals surface area contributed by atoms with E-state index in [0.717, 1.165) is 13.1 Å². The fourth-order valence-corrected chi connectivity index (χ4v) is 2.61. The second-order valence-corrected chi connectivity index (χ2v) is 7.89. The molecule has 2 rings (SSSR count). The van der Waals surface area contributed by atoms with Gasteiger partial charge in [0.1, 0.15) is 0 Å². The molecule has 1 N–H and O–H groups in total. The van der Waals surface area contributed by atoms with Crippen LogP contribution in [-0.4, -0.2) is 28.5 Å². The lowest BCUT2D eigenvalue weighted by molar-refractivity contribution is 0.281. The minimum Gasteiger partial charge on any atom is -0.308 e. The van der Waals surface area contributed by atoms with Gasteiger partial charge in [0.15, 0.2) is 0 Å². The third kappa shape index (κ3) is 4.88. The van der Waals surface area contributed by atoms with Gasteiger partial charge in [0, 0.05) is 31.4 Å². The molecule has 0 amide bonds. The van der Waals surface area contributed by atoms with E-state index in [9.17, 15) is 0 Å². The number of hydrogen-bond acceptors (Lipinski definition) is 3. The van der Waals surface area contributed by atoms with Crippen LogP contribution in [0, 0.1) is 5.41 Å². The molecule has 0 atom stereocenters. The minimum atomic E-state index is 0.153. The van der Waals surface area contributed by atoms with Gasteiger partial charge in [0.2, 0.25) is 0 Å². The minimum absolute atomic E-state index is 0.153. The number of likely N-dealkylation sites (tertiary alicyclic amines) is 1. The predicted molar refractivity (Wildman–Crippen MR) is 84.5 cm³/mol. The second-order valence-electron chi connectivity index (χ2n) is 7.89. The van der Waals surface area contributed by atoms with Crippen LogP contribution >= 0.6 is 0 Å². The van der Waals surface area contributed by atoms with E-state index in [1.165, 1.54) is 30.8 Å². The molecule has 1 aliphatic heterocycles. The molecule has 2 heterocycles. The van der Waals surface area contributed by atoms with Crippen molar-refractivity contribution in [2.24, 2.45) is 5.41 Å². The zero-order valence-electron chi connectivity index (χ0n) is 13.7. The Bertz CT molecular complexity index is 429. The molecule has 3 heteroatoms. The first kappa shape index (κ1) is 15.5. The molecule has 1 aromatic rings. The van der Waals surface area contributed by atoms with Crippen molar-refractivity contribution >= 4 is 0 Å². The van der Waals surface area contributed by atoms with Crippen LogP contribution in [0.4, 0.5) is 0 Å². The molecule has 1 fully saturated rings. The van der Waals surface area contributed by atoms with Gasteiger partial charge >= 0.3 is 0 Å². The maximum Gasteiger partial charge on any atom is 0.0544 e. The Balaban J connectivity index is 1.86. The van der Waals surface area contributed by atoms with Gasteiger partial charge in [-0.3, -0.25) is 9.88 Å². The van der Waals surface area contributed by atoms with E-state index in [1.807, 2.05) is 6.20 Å². The quantitative estimate of drug-likeness (QED) is 0.914. The molecule has 1 aromatic heterocycles. The predicted octanol–water partition coefficient (Wildman–Crippen LogP) is 3.20. The maximum absolute atomic E-state index is 4.61. The van der Waals surface area contributed by atoms with E-state index in [1.54, 1.807) is 0 Å². The average molecular weight is 275 g/mol. The summed E-state index contributed by atoms with van der Waals surface area (Å²) < 4.78 is 0. The summed E-state index contributed by atoms with van der Waals surface area (Å²) in [7, 11) is 0. The smallest absolute Gasteiger partial charge is 0.0544 e. The molecule has 112 valence electrons. The van der Waals surface area contributed by atoms with Gasteiger partial charge in [-0.15, -0.1) is 0 Å². The van der Waals surface area contributed by atoms with Gasteiger partial charge in [0.25, 0.3) is 0 Å². The first-order valence-electron chi connectivity index (χ1n) is 7.65. The molecular weight excluding hydrogens is 246 g/mol. The standard InChI is InChI=1S/C17H29N3/c1-16(2,3)19-11-14-6-7-15(18-10-14)12-20-9-8-17(4,5)13-20/h6-7,10,19H,8-9,11-13H2,1-5H3. The van der Waals surface area contributed by atoms with Crippen molar-refractivity contribution in [3.8, 4) is 0 Å². The molecule has 0 unspecified atom stereocenters. The summed E-state index contributed by atoms with van der Waals surface area (Å²) in [5, 5.41) is 3.49. The summed E-state index contributed by atoms with van der Waals surface area (Å²) in [6, 6.07) is 4.37. The molecule has 0 aromatic carbocycles. The van der Waals surface area contributed by atoms with Crippen LogP contribution in [0.5, 0.6) is 0 Å². The first-order chi connectivity index (χ1) is 9.23. The largest absolute Gasteiger partial charge is 0.308 e. The Morgan fingerprint density at radius 3 is 2.55 bits per heavy atom. The number of nitrogens with one attached hydrogen (secondary N) is 1. The van der Waals surface area contributed by atoms with Crippen LogP contribution < -0.4 is 5.32 Å². The Kier molecular flexibility index (Phi) is 4.50. The highest BCUT2D eigenvalue weighted by molar-refractivity contribution is 5.14. The number of hydrogen-bond donors (Lipinski definition) is 1. The SMILES string of the molecule is CC1(C)CCN(Cc2ccc(CNC(C)(C)C)cn2)C1. The van der Waals surface area contributed by atoms with Gasteiger partial charge in [-0.1, -0.05) is 19.9 Å². The summed E-state index contributed by atoms with van der Waals surface area (Å²) in [5.74, 6) is 0. The zero-order chi connectivity index (χ0) is 14.8. The van der Waals surface area contributed by atoms with Crippen LogP contribution in [0.3, 0.4) is 0 Å². The summed E-state index contributed by atoms with van der Waals surface area (Å²) in [5.41, 5.74) is 3.06. The number of aromatic nitrogens is 1. The molecule has 1 aliphatic rings. The number of rotatable bonds is 4. The summed E-state index contributed by atoms with van der Waals surface area (Å²) >= 11 is 0. The van der Waals surface area contributed by atoms with Crippen molar-refractivity contribution in [3.63, 3.8) is 0 Å². The lowest BCUT2D eigenvalue weighted by Crippen LogP contribution is -2.35. The first-order valence-corrected chi connectivity index (χ1v) is 7.65. The Morgan fingerprint density at radius 1 is 1.30 bits per heavy atom. The third-order valence-electron chi connectivity index (χ3n) is 3.85. The molecule has 0 spiro atoms. The second kappa shape index (κ2) is 5.82. The van der Waals surface area contributed by atoms with E-state index in [0.29, 0.717) is 5.41 Å². The van der Waals surface area contributed by atoms with Crippen LogP contribution in [-0.2, 0) is 13.1 Å². The third-order valence-corrected chi connectivity index (χ3v) is 3.85. The molecule has 1 saturated heterocycles. The van der Waals surface area contributed by atoms with Crippen LogP contribution in [0.1, 0.15) is 52.3 Å². The molecule has 0 aliphatic carbocycles. The Labute approximate surface area is 123 Å². The van der Waals surface area contributed by atoms with Crippen molar-refractivity contribution in [2.75, 3.05) is 13.1 Å². The van der Waals surface area contributed by atoms with Crippen molar-refractivity contribution < 1.29 is 0 Å². The van der Waals surface area contributed by atoms with Gasteiger partial charge in [-0.05, 0) is 50.8 Å². The van der Waals surface area contributed by atoms with Crippen LogP contribution in [0.25, 0.3) is 0 Å². The Morgan fingerprint density at radius 2 is 2.05 bits per heavy atom. The molecule has 0 bridgehead atoms.